The number of aromatic nitrogens is 2. The van der Waals surface area contributed by atoms with Gasteiger partial charge in [0.05, 0.1) is 16.6 Å². The summed E-state index contributed by atoms with van der Waals surface area (Å²) in [5.41, 5.74) is 17.0. The fourth-order valence-corrected chi connectivity index (χ4v) is 9.16. The highest BCUT2D eigenvalue weighted by Crippen LogP contribution is 2.50. The van der Waals surface area contributed by atoms with Gasteiger partial charge in [0.15, 0.2) is 0 Å². The lowest BCUT2D eigenvalue weighted by Crippen LogP contribution is -2.16. The van der Waals surface area contributed by atoms with Crippen molar-refractivity contribution in [2.24, 2.45) is 0 Å². The van der Waals surface area contributed by atoms with Crippen molar-refractivity contribution in [3.05, 3.63) is 211 Å². The first-order valence-electron chi connectivity index (χ1n) is 19.4. The number of fused-ring (bicyclic) bond motifs is 7. The zero-order valence-corrected chi connectivity index (χ0v) is 31.4. The van der Waals surface area contributed by atoms with Crippen LogP contribution in [0.4, 0.5) is 17.1 Å². The van der Waals surface area contributed by atoms with E-state index in [1.54, 1.807) is 0 Å². The van der Waals surface area contributed by atoms with Gasteiger partial charge >= 0.3 is 0 Å². The molecule has 10 aromatic rings. The number of para-hydroxylation sites is 3. The van der Waals surface area contributed by atoms with Gasteiger partial charge in [-0.15, -0.1) is 0 Å². The minimum absolute atomic E-state index is 0.0981. The molecule has 3 nitrogen and oxygen atoms in total. The van der Waals surface area contributed by atoms with E-state index < -0.39 is 0 Å². The molecule has 0 fully saturated rings. The Morgan fingerprint density at radius 1 is 0.411 bits per heavy atom. The molecule has 3 heteroatoms. The van der Waals surface area contributed by atoms with E-state index in [-0.39, 0.29) is 5.41 Å². The van der Waals surface area contributed by atoms with Crippen LogP contribution in [0.5, 0.6) is 0 Å². The van der Waals surface area contributed by atoms with Crippen LogP contribution >= 0.6 is 0 Å². The average molecular weight is 718 g/mol. The van der Waals surface area contributed by atoms with E-state index in [1.807, 2.05) is 0 Å². The normalized spacial score (nSPS) is 13.0. The van der Waals surface area contributed by atoms with Gasteiger partial charge in [-0.1, -0.05) is 117 Å². The van der Waals surface area contributed by atoms with Crippen molar-refractivity contribution in [1.29, 1.82) is 0 Å². The van der Waals surface area contributed by atoms with Gasteiger partial charge < -0.3 is 14.0 Å². The Morgan fingerprint density at radius 2 is 1.04 bits per heavy atom. The van der Waals surface area contributed by atoms with Gasteiger partial charge in [-0.05, 0) is 130 Å². The highest BCUT2D eigenvalue weighted by atomic mass is 15.1. The average Bonchev–Trinajstić information content (AvgIpc) is 3.90. The van der Waals surface area contributed by atoms with Gasteiger partial charge in [0.2, 0.25) is 0 Å². The first-order chi connectivity index (χ1) is 27.5. The van der Waals surface area contributed by atoms with Gasteiger partial charge in [-0.25, -0.2) is 0 Å². The van der Waals surface area contributed by atoms with Gasteiger partial charge in [0.1, 0.15) is 0 Å². The summed E-state index contributed by atoms with van der Waals surface area (Å²) in [4.78, 5) is 2.40. The maximum atomic E-state index is 2.41. The number of hydrogen-bond acceptors (Lipinski definition) is 1. The predicted molar refractivity (Wildman–Crippen MR) is 235 cm³/mol. The summed E-state index contributed by atoms with van der Waals surface area (Å²) in [5, 5.41) is 3.75. The molecule has 2 aromatic heterocycles. The minimum Gasteiger partial charge on any atom is -0.317 e. The van der Waals surface area contributed by atoms with Gasteiger partial charge in [0, 0.05) is 50.8 Å². The van der Waals surface area contributed by atoms with Crippen LogP contribution in [-0.4, -0.2) is 9.13 Å². The first kappa shape index (κ1) is 32.3. The Morgan fingerprint density at radius 3 is 1.86 bits per heavy atom. The molecule has 0 spiro atoms. The largest absolute Gasteiger partial charge is 0.317 e. The molecule has 2 heterocycles. The molecule has 266 valence electrons. The van der Waals surface area contributed by atoms with Crippen molar-refractivity contribution in [3.63, 3.8) is 0 Å². The Hall–Kier alpha value is -7.10. The molecule has 0 atom stereocenters. The van der Waals surface area contributed by atoms with Crippen molar-refractivity contribution in [1.82, 2.24) is 9.13 Å². The van der Waals surface area contributed by atoms with E-state index in [9.17, 15) is 0 Å². The molecule has 1 aliphatic carbocycles. The lowest BCUT2D eigenvalue weighted by molar-refractivity contribution is 0.660. The van der Waals surface area contributed by atoms with Crippen LogP contribution in [0.1, 0.15) is 25.0 Å². The molecule has 1 aliphatic rings. The van der Waals surface area contributed by atoms with Crippen LogP contribution in [0.2, 0.25) is 0 Å². The molecular weight excluding hydrogens is 679 g/mol. The Kier molecular flexibility index (Phi) is 7.20. The number of hydrogen-bond donors (Lipinski definition) is 0. The highest BCUT2D eigenvalue weighted by molar-refractivity contribution is 6.10. The van der Waals surface area contributed by atoms with E-state index >= 15 is 0 Å². The Labute approximate surface area is 327 Å². The molecule has 0 amide bonds. The maximum Gasteiger partial charge on any atom is 0.0541 e. The standard InChI is InChI=1S/C53H39N3/c1-53(2)48-17-9-7-15-44(48)45-30-29-43(35-49(45)53)55(42-27-25-39(26-28-42)54-33-32-37-12-6-10-18-50(37)54)41-23-20-36(21-24-41)38-22-31-52-47(34-38)46-16-8-11-19-51(46)56(52)40-13-4-3-5-14-40/h3-35H,1-2H3. The molecule has 8 aromatic carbocycles. The number of rotatable bonds is 6. The molecule has 0 saturated heterocycles. The zero-order chi connectivity index (χ0) is 37.4. The molecule has 0 radical (unpaired) electrons. The van der Waals surface area contributed by atoms with Crippen LogP contribution in [0.15, 0.2) is 200 Å². The zero-order valence-electron chi connectivity index (χ0n) is 31.4. The second kappa shape index (κ2) is 12.5. The summed E-state index contributed by atoms with van der Waals surface area (Å²) in [6.45, 7) is 4.70. The number of benzene rings is 8. The van der Waals surface area contributed by atoms with Crippen LogP contribution in [0, 0.1) is 0 Å². The van der Waals surface area contributed by atoms with Crippen LogP contribution in [0.25, 0.3) is 66.3 Å². The van der Waals surface area contributed by atoms with E-state index in [2.05, 4.69) is 228 Å². The van der Waals surface area contributed by atoms with Crippen LogP contribution < -0.4 is 4.90 Å². The van der Waals surface area contributed by atoms with Crippen LogP contribution in [-0.2, 0) is 5.41 Å². The van der Waals surface area contributed by atoms with Crippen LogP contribution in [0.3, 0.4) is 0 Å². The molecular formula is C53H39N3. The van der Waals surface area contributed by atoms with E-state index in [0.717, 1.165) is 22.7 Å². The molecule has 0 aliphatic heterocycles. The fraction of sp³-hybridized carbons (Fsp3) is 0.0566. The Balaban J connectivity index is 1.01. The summed E-state index contributed by atoms with van der Waals surface area (Å²) >= 11 is 0. The van der Waals surface area contributed by atoms with E-state index in [4.69, 9.17) is 0 Å². The lowest BCUT2D eigenvalue weighted by Gasteiger charge is -2.28. The third-order valence-electron chi connectivity index (χ3n) is 12.0. The lowest BCUT2D eigenvalue weighted by atomic mass is 9.82. The van der Waals surface area contributed by atoms with Gasteiger partial charge in [0.25, 0.3) is 0 Å². The monoisotopic (exact) mass is 717 g/mol. The van der Waals surface area contributed by atoms with Gasteiger partial charge in [-0.2, -0.15) is 0 Å². The smallest absolute Gasteiger partial charge is 0.0541 e. The number of nitrogens with zero attached hydrogens (tertiary/aromatic N) is 3. The molecule has 0 unspecified atom stereocenters. The third-order valence-corrected chi connectivity index (χ3v) is 12.0. The maximum absolute atomic E-state index is 2.41. The van der Waals surface area contributed by atoms with Crippen molar-refractivity contribution in [3.8, 4) is 33.6 Å². The van der Waals surface area contributed by atoms with Gasteiger partial charge in [-0.3, -0.25) is 0 Å². The van der Waals surface area contributed by atoms with Crippen molar-refractivity contribution in [2.45, 2.75) is 19.3 Å². The molecule has 56 heavy (non-hydrogen) atoms. The summed E-state index contributed by atoms with van der Waals surface area (Å²) in [6, 6.07) is 70.9. The molecule has 0 bridgehead atoms. The fourth-order valence-electron chi connectivity index (χ4n) is 9.16. The molecule has 11 rings (SSSR count). The summed E-state index contributed by atoms with van der Waals surface area (Å²) in [5.74, 6) is 0. The summed E-state index contributed by atoms with van der Waals surface area (Å²) < 4.78 is 4.64. The van der Waals surface area contributed by atoms with E-state index in [0.29, 0.717) is 0 Å². The molecule has 0 N–H and O–H groups in total. The van der Waals surface area contributed by atoms with Crippen molar-refractivity contribution < 1.29 is 0 Å². The second-order valence-electron chi connectivity index (χ2n) is 15.5. The van der Waals surface area contributed by atoms with Crippen molar-refractivity contribution >= 4 is 49.8 Å². The first-order valence-corrected chi connectivity index (χ1v) is 19.4. The van der Waals surface area contributed by atoms with E-state index in [1.165, 1.54) is 71.8 Å². The molecule has 0 saturated carbocycles. The minimum atomic E-state index is -0.0981. The third kappa shape index (κ3) is 4.98. The summed E-state index contributed by atoms with van der Waals surface area (Å²) in [6.07, 6.45) is 2.16. The number of anilines is 3. The summed E-state index contributed by atoms with van der Waals surface area (Å²) in [7, 11) is 0. The highest BCUT2D eigenvalue weighted by Gasteiger charge is 2.35. The Bertz CT molecular complexity index is 3090. The topological polar surface area (TPSA) is 13.1 Å². The SMILES string of the molecule is CC1(C)c2ccccc2-c2ccc(N(c3ccc(-c4ccc5c(c4)c4ccccc4n5-c4ccccc4)cc3)c3ccc(-n4ccc5ccccc54)cc3)cc21. The predicted octanol–water partition coefficient (Wildman–Crippen LogP) is 14.2. The van der Waals surface area contributed by atoms with Crippen molar-refractivity contribution in [2.75, 3.05) is 4.90 Å². The quantitative estimate of drug-likeness (QED) is 0.167. The second-order valence-corrected chi connectivity index (χ2v) is 15.5.